The second-order valence-corrected chi connectivity index (χ2v) is 5.43. The quantitative estimate of drug-likeness (QED) is 0.537. The van der Waals surface area contributed by atoms with E-state index in [0.29, 0.717) is 0 Å². The van der Waals surface area contributed by atoms with Gasteiger partial charge in [-0.05, 0) is 57.3 Å². The highest BCUT2D eigenvalue weighted by molar-refractivity contribution is 14.1. The van der Waals surface area contributed by atoms with Gasteiger partial charge < -0.3 is 5.11 Å². The van der Waals surface area contributed by atoms with Crippen molar-refractivity contribution < 1.29 is 18.3 Å². The van der Waals surface area contributed by atoms with Gasteiger partial charge in [0, 0.05) is 9.13 Å². The van der Waals surface area contributed by atoms with Crippen molar-refractivity contribution in [1.82, 2.24) is 0 Å². The van der Waals surface area contributed by atoms with Crippen molar-refractivity contribution in [2.75, 3.05) is 0 Å². The Hall–Kier alpha value is 0.430. The van der Waals surface area contributed by atoms with E-state index in [2.05, 4.69) is 0 Å². The highest BCUT2D eigenvalue weighted by atomic mass is 127. The SMILES string of the molecule is OC(I)(c1ccc(I)cc1)C(F)(F)F. The van der Waals surface area contributed by atoms with Gasteiger partial charge in [-0.3, -0.25) is 0 Å². The van der Waals surface area contributed by atoms with E-state index < -0.39 is 9.78 Å². The monoisotopic (exact) mass is 428 g/mol. The summed E-state index contributed by atoms with van der Waals surface area (Å²) < 4.78 is 35.1. The van der Waals surface area contributed by atoms with Gasteiger partial charge in [-0.1, -0.05) is 12.1 Å². The summed E-state index contributed by atoms with van der Waals surface area (Å²) in [6.07, 6.45) is -4.67. The fraction of sp³-hybridized carbons (Fsp3) is 0.250. The molecule has 0 saturated heterocycles. The van der Waals surface area contributed by atoms with Gasteiger partial charge in [-0.2, -0.15) is 13.2 Å². The predicted molar refractivity (Wildman–Crippen MR) is 63.1 cm³/mol. The highest BCUT2D eigenvalue weighted by Crippen LogP contribution is 2.44. The van der Waals surface area contributed by atoms with Crippen molar-refractivity contribution in [1.29, 1.82) is 0 Å². The van der Waals surface area contributed by atoms with Crippen LogP contribution in [0.3, 0.4) is 0 Å². The van der Waals surface area contributed by atoms with Crippen molar-refractivity contribution in [2.45, 2.75) is 9.78 Å². The Kier molecular flexibility index (Phi) is 3.68. The topological polar surface area (TPSA) is 20.2 Å². The van der Waals surface area contributed by atoms with Gasteiger partial charge in [0.15, 0.2) is 0 Å². The minimum Gasteiger partial charge on any atom is -0.368 e. The molecule has 0 fully saturated rings. The van der Waals surface area contributed by atoms with Gasteiger partial charge in [-0.15, -0.1) is 0 Å². The maximum absolute atomic E-state index is 12.4. The van der Waals surface area contributed by atoms with Crippen LogP contribution in [0.2, 0.25) is 0 Å². The van der Waals surface area contributed by atoms with Gasteiger partial charge in [0.25, 0.3) is 0 Å². The molecule has 0 spiro atoms. The molecule has 0 heterocycles. The molecule has 0 saturated carbocycles. The minimum atomic E-state index is -4.67. The maximum Gasteiger partial charge on any atom is 0.430 e. The van der Waals surface area contributed by atoms with E-state index in [1.807, 2.05) is 22.6 Å². The van der Waals surface area contributed by atoms with E-state index in [0.717, 1.165) is 26.2 Å². The third kappa shape index (κ3) is 2.51. The highest BCUT2D eigenvalue weighted by Gasteiger charge is 2.53. The standard InChI is InChI=1S/C8H5F3I2O/c9-8(10,11)7(13,14)5-1-3-6(12)4-2-5/h1-4,14H. The molecule has 0 radical (unpaired) electrons. The molecule has 78 valence electrons. The fourth-order valence-electron chi connectivity index (χ4n) is 0.834. The van der Waals surface area contributed by atoms with Crippen LogP contribution in [0.5, 0.6) is 0 Å². The van der Waals surface area contributed by atoms with E-state index in [1.165, 1.54) is 24.3 Å². The van der Waals surface area contributed by atoms with E-state index in [1.54, 1.807) is 0 Å². The third-order valence-corrected chi connectivity index (χ3v) is 3.56. The van der Waals surface area contributed by atoms with Gasteiger partial charge in [-0.25, -0.2) is 0 Å². The van der Waals surface area contributed by atoms with Crippen LogP contribution in [0, 0.1) is 3.57 Å². The number of rotatable bonds is 1. The van der Waals surface area contributed by atoms with Crippen molar-refractivity contribution in [3.05, 3.63) is 33.4 Å². The average molecular weight is 428 g/mol. The largest absolute Gasteiger partial charge is 0.430 e. The zero-order chi connectivity index (χ0) is 11.0. The summed E-state index contributed by atoms with van der Waals surface area (Å²) in [6.45, 7) is 0. The van der Waals surface area contributed by atoms with Crippen LogP contribution in [-0.2, 0) is 3.61 Å². The van der Waals surface area contributed by atoms with Crippen molar-refractivity contribution in [3.63, 3.8) is 0 Å². The zero-order valence-corrected chi connectivity index (χ0v) is 11.0. The van der Waals surface area contributed by atoms with Crippen LogP contribution in [0.1, 0.15) is 5.56 Å². The number of hydrogen-bond donors (Lipinski definition) is 1. The Morgan fingerprint density at radius 3 is 1.86 bits per heavy atom. The Bertz CT molecular complexity index is 318. The zero-order valence-electron chi connectivity index (χ0n) is 6.65. The predicted octanol–water partition coefficient (Wildman–Crippen LogP) is 3.43. The molecule has 1 aromatic carbocycles. The first-order valence-electron chi connectivity index (χ1n) is 3.49. The first-order valence-corrected chi connectivity index (χ1v) is 5.65. The lowest BCUT2D eigenvalue weighted by Gasteiger charge is -2.24. The number of halogens is 5. The summed E-state index contributed by atoms with van der Waals surface area (Å²) in [4.78, 5) is 0. The molecular formula is C8H5F3I2O. The second kappa shape index (κ2) is 4.12. The molecule has 0 aliphatic rings. The first kappa shape index (κ1) is 12.5. The third-order valence-electron chi connectivity index (χ3n) is 1.60. The Labute approximate surface area is 106 Å². The molecule has 0 amide bonds. The van der Waals surface area contributed by atoms with Gasteiger partial charge in [0.2, 0.25) is 3.61 Å². The molecule has 1 unspecified atom stereocenters. The number of hydrogen-bond acceptors (Lipinski definition) is 1. The Morgan fingerprint density at radius 2 is 1.50 bits per heavy atom. The van der Waals surface area contributed by atoms with Crippen molar-refractivity contribution in [3.8, 4) is 0 Å². The van der Waals surface area contributed by atoms with E-state index in [4.69, 9.17) is 0 Å². The fourth-order valence-corrected chi connectivity index (χ4v) is 1.55. The summed E-state index contributed by atoms with van der Waals surface area (Å²) in [7, 11) is 0. The van der Waals surface area contributed by atoms with Crippen LogP contribution in [0.15, 0.2) is 24.3 Å². The summed E-state index contributed by atoms with van der Waals surface area (Å²) >= 11 is 2.97. The Morgan fingerprint density at radius 1 is 1.07 bits per heavy atom. The normalized spacial score (nSPS) is 16.4. The van der Waals surface area contributed by atoms with E-state index >= 15 is 0 Å². The number of benzene rings is 1. The maximum atomic E-state index is 12.4. The molecule has 6 heteroatoms. The van der Waals surface area contributed by atoms with Crippen LogP contribution < -0.4 is 0 Å². The van der Waals surface area contributed by atoms with Gasteiger partial charge in [0.1, 0.15) is 0 Å². The van der Waals surface area contributed by atoms with Crippen LogP contribution in [-0.4, -0.2) is 11.3 Å². The lowest BCUT2D eigenvalue weighted by Crippen LogP contribution is -2.36. The summed E-state index contributed by atoms with van der Waals surface area (Å²) in [5, 5.41) is 9.27. The lowest BCUT2D eigenvalue weighted by molar-refractivity contribution is -0.216. The molecule has 1 nitrogen and oxygen atoms in total. The number of aliphatic hydroxyl groups is 1. The van der Waals surface area contributed by atoms with Crippen molar-refractivity contribution in [2.24, 2.45) is 0 Å². The van der Waals surface area contributed by atoms with Crippen LogP contribution in [0.25, 0.3) is 0 Å². The summed E-state index contributed by atoms with van der Waals surface area (Å²) in [6, 6.07) is 5.57. The molecule has 0 aliphatic heterocycles. The van der Waals surface area contributed by atoms with Gasteiger partial charge >= 0.3 is 6.18 Å². The van der Waals surface area contributed by atoms with Crippen LogP contribution >= 0.6 is 45.2 Å². The van der Waals surface area contributed by atoms with Gasteiger partial charge in [0.05, 0.1) is 0 Å². The number of alkyl halides is 4. The molecule has 1 atom stereocenters. The average Bonchev–Trinajstić information content (AvgIpc) is 2.03. The molecule has 0 bridgehead atoms. The molecule has 0 aromatic heterocycles. The molecule has 0 aliphatic carbocycles. The molecule has 1 aromatic rings. The lowest BCUT2D eigenvalue weighted by atomic mass is 10.1. The van der Waals surface area contributed by atoms with E-state index in [9.17, 15) is 18.3 Å². The summed E-state index contributed by atoms with van der Waals surface area (Å²) in [5.41, 5.74) is -0.161. The molecule has 1 N–H and O–H groups in total. The molecule has 1 rings (SSSR count). The molecule has 14 heavy (non-hydrogen) atoms. The Balaban J connectivity index is 3.10. The second-order valence-electron chi connectivity index (χ2n) is 2.63. The first-order chi connectivity index (χ1) is 6.25. The smallest absolute Gasteiger partial charge is 0.368 e. The summed E-state index contributed by atoms with van der Waals surface area (Å²) in [5.74, 6) is 0. The molecular weight excluding hydrogens is 423 g/mol. The minimum absolute atomic E-state index is 0.161. The van der Waals surface area contributed by atoms with Crippen molar-refractivity contribution >= 4 is 45.2 Å². The van der Waals surface area contributed by atoms with Crippen LogP contribution in [0.4, 0.5) is 13.2 Å². The van der Waals surface area contributed by atoms with E-state index in [-0.39, 0.29) is 5.56 Å².